The van der Waals surface area contributed by atoms with E-state index in [9.17, 15) is 5.11 Å². The number of furan rings is 1. The van der Waals surface area contributed by atoms with Crippen LogP contribution in [0.2, 0.25) is 0 Å². The number of nitrogens with zero attached hydrogens (tertiary/aromatic N) is 2. The lowest BCUT2D eigenvalue weighted by Crippen LogP contribution is -2.40. The van der Waals surface area contributed by atoms with Crippen molar-refractivity contribution in [1.29, 1.82) is 0 Å². The molecule has 0 aliphatic carbocycles. The van der Waals surface area contributed by atoms with Crippen LogP contribution in [0.3, 0.4) is 0 Å². The molecule has 2 aliphatic rings. The number of aliphatic hydroxyl groups excluding tert-OH is 1. The zero-order chi connectivity index (χ0) is 24.5. The van der Waals surface area contributed by atoms with Crippen LogP contribution < -0.4 is 14.2 Å². The number of benzene rings is 2. The maximum atomic E-state index is 10.7. The Kier molecular flexibility index (Phi) is 6.29. The molecule has 0 radical (unpaired) electrons. The van der Waals surface area contributed by atoms with Gasteiger partial charge in [0, 0.05) is 19.0 Å². The lowest BCUT2D eigenvalue weighted by molar-refractivity contribution is 0.0599. The summed E-state index contributed by atoms with van der Waals surface area (Å²) in [6.07, 6.45) is 3.99. The van der Waals surface area contributed by atoms with Gasteiger partial charge in [-0.15, -0.1) is 0 Å². The van der Waals surface area contributed by atoms with E-state index in [0.717, 1.165) is 55.0 Å². The van der Waals surface area contributed by atoms with Crippen LogP contribution in [0.4, 0.5) is 0 Å². The minimum atomic E-state index is -0.590. The Morgan fingerprint density at radius 3 is 2.78 bits per heavy atom. The summed E-state index contributed by atoms with van der Waals surface area (Å²) in [4.78, 5) is 6.61. The van der Waals surface area contributed by atoms with Crippen LogP contribution in [0.25, 0.3) is 22.6 Å². The predicted octanol–water partition coefficient (Wildman–Crippen LogP) is 5.00. The molecule has 2 aromatic carbocycles. The lowest BCUT2D eigenvalue weighted by atomic mass is 9.89. The fraction of sp³-hybridized carbons (Fsp3) is 0.393. The number of oxazole rings is 1. The number of hydrogen-bond acceptors (Lipinski definition) is 8. The molecule has 2 aliphatic heterocycles. The van der Waals surface area contributed by atoms with E-state index in [4.69, 9.17) is 23.0 Å². The maximum Gasteiger partial charge on any atom is 0.263 e. The van der Waals surface area contributed by atoms with Crippen molar-refractivity contribution in [2.24, 2.45) is 0 Å². The highest BCUT2D eigenvalue weighted by Crippen LogP contribution is 2.37. The second-order valence-electron chi connectivity index (χ2n) is 9.42. The second kappa shape index (κ2) is 9.87. The van der Waals surface area contributed by atoms with Crippen LogP contribution in [-0.2, 0) is 6.42 Å². The normalized spacial score (nSPS) is 17.1. The minimum Gasteiger partial charge on any atom is -0.490 e. The van der Waals surface area contributed by atoms with Gasteiger partial charge in [-0.2, -0.15) is 0 Å². The van der Waals surface area contributed by atoms with Crippen molar-refractivity contribution < 1.29 is 28.2 Å². The van der Waals surface area contributed by atoms with Gasteiger partial charge in [-0.1, -0.05) is 19.1 Å². The van der Waals surface area contributed by atoms with Crippen molar-refractivity contribution in [3.8, 4) is 28.9 Å². The molecule has 188 valence electrons. The standard InChI is InChI=1S/C28H30N2O6/c1-2-21-14-29-28(35-21)27-13-22-23(4-3-5-24(22)36-27)32-16-20(31)15-30-10-8-18(9-11-30)19-6-7-25-26(12-19)34-17-33-25/h3-7,12-14,18,20,31H,2,8-11,15-17H2,1H3/t20-/m0/s1. The quantitative estimate of drug-likeness (QED) is 0.369. The smallest absolute Gasteiger partial charge is 0.263 e. The Balaban J connectivity index is 1.03. The van der Waals surface area contributed by atoms with Crippen molar-refractivity contribution in [3.63, 3.8) is 0 Å². The summed E-state index contributed by atoms with van der Waals surface area (Å²) in [5, 5.41) is 11.5. The highest BCUT2D eigenvalue weighted by atomic mass is 16.7. The molecule has 0 bridgehead atoms. The first kappa shape index (κ1) is 22.9. The second-order valence-corrected chi connectivity index (χ2v) is 9.42. The fourth-order valence-electron chi connectivity index (χ4n) is 5.00. The van der Waals surface area contributed by atoms with Gasteiger partial charge in [0.05, 0.1) is 11.6 Å². The molecule has 8 heteroatoms. The van der Waals surface area contributed by atoms with E-state index >= 15 is 0 Å². The van der Waals surface area contributed by atoms with Crippen LogP contribution in [0.15, 0.2) is 57.5 Å². The molecule has 1 N–H and O–H groups in total. The zero-order valence-corrected chi connectivity index (χ0v) is 20.3. The van der Waals surface area contributed by atoms with Gasteiger partial charge in [0.2, 0.25) is 6.79 Å². The third-order valence-electron chi connectivity index (χ3n) is 6.99. The van der Waals surface area contributed by atoms with Gasteiger partial charge in [0.15, 0.2) is 17.3 Å². The van der Waals surface area contributed by atoms with Gasteiger partial charge in [0.25, 0.3) is 5.89 Å². The molecular formula is C28H30N2O6. The van der Waals surface area contributed by atoms with Crippen molar-refractivity contribution in [2.75, 3.05) is 33.0 Å². The van der Waals surface area contributed by atoms with Crippen LogP contribution in [0.1, 0.15) is 37.0 Å². The van der Waals surface area contributed by atoms with E-state index in [1.807, 2.05) is 37.3 Å². The molecular weight excluding hydrogens is 460 g/mol. The Labute approximate surface area is 209 Å². The molecule has 8 nitrogen and oxygen atoms in total. The Hall–Kier alpha value is -3.49. The van der Waals surface area contributed by atoms with Crippen LogP contribution in [0.5, 0.6) is 17.2 Å². The van der Waals surface area contributed by atoms with Crippen LogP contribution in [0, 0.1) is 0 Å². The molecule has 4 heterocycles. The number of likely N-dealkylation sites (tertiary alicyclic amines) is 1. The average molecular weight is 491 g/mol. The molecule has 2 aromatic heterocycles. The predicted molar refractivity (Wildman–Crippen MR) is 134 cm³/mol. The lowest BCUT2D eigenvalue weighted by Gasteiger charge is -2.33. The largest absolute Gasteiger partial charge is 0.490 e. The SMILES string of the molecule is CCc1cnc(-c2cc3c(OC[C@@H](O)CN4CCC(c5ccc6c(c5)OCO6)CC4)cccc3o2)o1. The third kappa shape index (κ3) is 4.66. The number of hydrogen-bond donors (Lipinski definition) is 1. The van der Waals surface area contributed by atoms with Gasteiger partial charge in [-0.25, -0.2) is 4.98 Å². The number of aryl methyl sites for hydroxylation is 1. The van der Waals surface area contributed by atoms with Crippen LogP contribution >= 0.6 is 0 Å². The van der Waals surface area contributed by atoms with E-state index in [1.54, 1.807) is 6.20 Å². The van der Waals surface area contributed by atoms with Crippen LogP contribution in [-0.4, -0.2) is 54.1 Å². The zero-order valence-electron chi connectivity index (χ0n) is 20.3. The number of rotatable bonds is 8. The molecule has 1 atom stereocenters. The Bertz CT molecular complexity index is 1340. The van der Waals surface area contributed by atoms with Gasteiger partial charge in [0.1, 0.15) is 29.8 Å². The van der Waals surface area contributed by atoms with Crippen molar-refractivity contribution in [1.82, 2.24) is 9.88 Å². The third-order valence-corrected chi connectivity index (χ3v) is 6.99. The molecule has 0 spiro atoms. The van der Waals surface area contributed by atoms with E-state index in [-0.39, 0.29) is 6.61 Å². The van der Waals surface area contributed by atoms with E-state index in [1.165, 1.54) is 5.56 Å². The highest BCUT2D eigenvalue weighted by molar-refractivity contribution is 5.87. The number of aromatic nitrogens is 1. The van der Waals surface area contributed by atoms with E-state index < -0.39 is 6.10 Å². The Morgan fingerprint density at radius 2 is 1.94 bits per heavy atom. The highest BCUT2D eigenvalue weighted by Gasteiger charge is 2.24. The summed E-state index contributed by atoms with van der Waals surface area (Å²) >= 11 is 0. The number of fused-ring (bicyclic) bond motifs is 2. The number of piperidine rings is 1. The van der Waals surface area contributed by atoms with Crippen molar-refractivity contribution in [3.05, 3.63) is 60.0 Å². The van der Waals surface area contributed by atoms with Gasteiger partial charge in [-0.05, 0) is 61.7 Å². The fourth-order valence-corrected chi connectivity index (χ4v) is 5.00. The van der Waals surface area contributed by atoms with Crippen molar-refractivity contribution >= 4 is 11.0 Å². The molecule has 0 unspecified atom stereocenters. The van der Waals surface area contributed by atoms with E-state index in [0.29, 0.717) is 42.2 Å². The summed E-state index contributed by atoms with van der Waals surface area (Å²) in [5.74, 6) is 4.66. The number of β-amino-alcohol motifs (C(OH)–C–C–N with tert-alkyl or cyclic N) is 1. The first-order valence-corrected chi connectivity index (χ1v) is 12.6. The van der Waals surface area contributed by atoms with Gasteiger partial charge >= 0.3 is 0 Å². The first-order valence-electron chi connectivity index (χ1n) is 12.6. The first-order chi connectivity index (χ1) is 17.7. The maximum absolute atomic E-state index is 10.7. The molecule has 1 saturated heterocycles. The minimum absolute atomic E-state index is 0.209. The summed E-state index contributed by atoms with van der Waals surface area (Å²) in [6, 6.07) is 13.8. The van der Waals surface area contributed by atoms with Gasteiger partial charge in [-0.3, -0.25) is 0 Å². The molecule has 1 fully saturated rings. The topological polar surface area (TPSA) is 90.3 Å². The molecule has 4 aromatic rings. The van der Waals surface area contributed by atoms with Crippen molar-refractivity contribution in [2.45, 2.75) is 38.2 Å². The monoisotopic (exact) mass is 490 g/mol. The van der Waals surface area contributed by atoms with Gasteiger partial charge < -0.3 is 33.1 Å². The Morgan fingerprint density at radius 1 is 1.08 bits per heavy atom. The number of ether oxygens (including phenoxy) is 3. The summed E-state index contributed by atoms with van der Waals surface area (Å²) < 4.78 is 28.6. The molecule has 0 saturated carbocycles. The summed E-state index contributed by atoms with van der Waals surface area (Å²) in [6.45, 7) is 4.98. The summed E-state index contributed by atoms with van der Waals surface area (Å²) in [5.41, 5.74) is 1.99. The summed E-state index contributed by atoms with van der Waals surface area (Å²) in [7, 11) is 0. The molecule has 6 rings (SSSR count). The van der Waals surface area contributed by atoms with E-state index in [2.05, 4.69) is 22.0 Å². The number of aliphatic hydroxyl groups is 1. The average Bonchev–Trinajstić information content (AvgIpc) is 3.66. The molecule has 0 amide bonds. The molecule has 36 heavy (non-hydrogen) atoms.